The summed E-state index contributed by atoms with van der Waals surface area (Å²) in [6.07, 6.45) is 1.71. The van der Waals surface area contributed by atoms with Crippen LogP contribution in [0.2, 0.25) is 0 Å². The van der Waals surface area contributed by atoms with Gasteiger partial charge >= 0.3 is 0 Å². The van der Waals surface area contributed by atoms with Gasteiger partial charge in [0.15, 0.2) is 11.6 Å². The molecule has 3 aromatic rings. The predicted octanol–water partition coefficient (Wildman–Crippen LogP) is 4.98. The first-order chi connectivity index (χ1) is 16.8. The van der Waals surface area contributed by atoms with Crippen LogP contribution < -0.4 is 15.8 Å². The topological polar surface area (TPSA) is 102 Å². The summed E-state index contributed by atoms with van der Waals surface area (Å²) in [6.45, 7) is 2.44. The fourth-order valence-electron chi connectivity index (χ4n) is 4.24. The predicted molar refractivity (Wildman–Crippen MR) is 126 cm³/mol. The number of ether oxygens (including phenoxy) is 1. The monoisotopic (exact) mass is 482 g/mol. The summed E-state index contributed by atoms with van der Waals surface area (Å²) in [4.78, 5) is 4.28. The maximum absolute atomic E-state index is 14.3. The van der Waals surface area contributed by atoms with Crippen LogP contribution in [0.5, 0.6) is 5.75 Å². The van der Waals surface area contributed by atoms with E-state index < -0.39 is 24.0 Å². The molecule has 1 aromatic carbocycles. The van der Waals surface area contributed by atoms with E-state index in [0.29, 0.717) is 52.0 Å². The number of hydrogen-bond acceptors (Lipinski definition) is 6. The molecule has 0 radical (unpaired) electrons. The zero-order valence-corrected chi connectivity index (χ0v) is 19.1. The van der Waals surface area contributed by atoms with Gasteiger partial charge in [-0.2, -0.15) is 5.10 Å². The number of halogens is 3. The molecule has 1 aliphatic carbocycles. The molecule has 3 heterocycles. The van der Waals surface area contributed by atoms with E-state index in [9.17, 15) is 13.2 Å². The number of nitrogens with two attached hydrogens (primary N) is 1. The van der Waals surface area contributed by atoms with Crippen LogP contribution in [0.1, 0.15) is 54.8 Å². The molecule has 2 aromatic heterocycles. The molecular formula is C25H25F3N6O. The number of benzene rings is 1. The van der Waals surface area contributed by atoms with Crippen molar-refractivity contribution in [1.82, 2.24) is 20.1 Å². The van der Waals surface area contributed by atoms with Crippen molar-refractivity contribution in [3.63, 3.8) is 0 Å². The molecule has 0 amide bonds. The van der Waals surface area contributed by atoms with Crippen molar-refractivity contribution < 1.29 is 17.9 Å². The third-order valence-corrected chi connectivity index (χ3v) is 6.29. The number of nitrogens with one attached hydrogen (secondary N) is 2. The molecule has 0 spiro atoms. The SMILES string of the molecule is CC1Oc2cc(cnc2N)/C(NCC2CC2)=C(/C=N)Cc2cc(C(F)F)nn2-c2ccc(F)cc21. The van der Waals surface area contributed by atoms with E-state index in [1.54, 1.807) is 19.2 Å². The van der Waals surface area contributed by atoms with Crippen molar-refractivity contribution in [2.45, 2.75) is 38.7 Å². The molecule has 1 fully saturated rings. The largest absolute Gasteiger partial charge is 0.482 e. The fraction of sp³-hybridized carbons (Fsp3) is 0.320. The van der Waals surface area contributed by atoms with Crippen LogP contribution in [0.3, 0.4) is 0 Å². The minimum absolute atomic E-state index is 0.141. The Morgan fingerprint density at radius 3 is 2.80 bits per heavy atom. The normalized spacial score (nSPS) is 19.7. The Bertz CT molecular complexity index is 1310. The van der Waals surface area contributed by atoms with Crippen molar-refractivity contribution in [1.29, 1.82) is 5.41 Å². The minimum Gasteiger partial charge on any atom is -0.482 e. The van der Waals surface area contributed by atoms with Gasteiger partial charge in [-0.1, -0.05) is 0 Å². The highest BCUT2D eigenvalue weighted by Crippen LogP contribution is 2.35. The van der Waals surface area contributed by atoms with Crippen molar-refractivity contribution >= 4 is 17.7 Å². The summed E-state index contributed by atoms with van der Waals surface area (Å²) < 4.78 is 49.1. The lowest BCUT2D eigenvalue weighted by Crippen LogP contribution is -2.20. The van der Waals surface area contributed by atoms with Crippen molar-refractivity contribution in [3.8, 4) is 11.4 Å². The number of rotatable bonds is 5. The number of allylic oxidation sites excluding steroid dienone is 1. The second-order valence-electron chi connectivity index (χ2n) is 8.89. The number of aromatic nitrogens is 3. The molecule has 35 heavy (non-hydrogen) atoms. The molecule has 7 nitrogen and oxygen atoms in total. The number of fused-ring (bicyclic) bond motifs is 5. The first-order valence-electron chi connectivity index (χ1n) is 11.4. The van der Waals surface area contributed by atoms with Gasteiger partial charge in [0.05, 0.1) is 5.69 Å². The molecule has 2 bridgehead atoms. The summed E-state index contributed by atoms with van der Waals surface area (Å²) in [5.74, 6) is 0.509. The van der Waals surface area contributed by atoms with E-state index in [-0.39, 0.29) is 12.2 Å². The Morgan fingerprint density at radius 2 is 2.09 bits per heavy atom. The van der Waals surface area contributed by atoms with Crippen LogP contribution >= 0.6 is 0 Å². The Morgan fingerprint density at radius 1 is 1.29 bits per heavy atom. The van der Waals surface area contributed by atoms with Crippen molar-refractivity contribution in [2.75, 3.05) is 12.3 Å². The Balaban J connectivity index is 1.75. The van der Waals surface area contributed by atoms with Crippen molar-refractivity contribution in [2.24, 2.45) is 5.92 Å². The lowest BCUT2D eigenvalue weighted by Gasteiger charge is -2.23. The molecule has 1 saturated carbocycles. The maximum atomic E-state index is 14.3. The third-order valence-electron chi connectivity index (χ3n) is 6.29. The van der Waals surface area contributed by atoms with Crippen LogP contribution in [0.25, 0.3) is 11.4 Å². The van der Waals surface area contributed by atoms with E-state index in [2.05, 4.69) is 15.4 Å². The van der Waals surface area contributed by atoms with Gasteiger partial charge in [0.25, 0.3) is 6.43 Å². The Labute approximate surface area is 200 Å². The number of pyridine rings is 1. The summed E-state index contributed by atoms with van der Waals surface area (Å²) in [5, 5.41) is 15.7. The number of alkyl halides is 2. The number of anilines is 1. The molecule has 0 saturated heterocycles. The fourth-order valence-corrected chi connectivity index (χ4v) is 4.24. The van der Waals surface area contributed by atoms with Gasteiger partial charge in [-0.05, 0) is 61.6 Å². The molecule has 4 N–H and O–H groups in total. The Kier molecular flexibility index (Phi) is 5.96. The average molecular weight is 483 g/mol. The van der Waals surface area contributed by atoms with Crippen LogP contribution in [-0.4, -0.2) is 27.5 Å². The second kappa shape index (κ2) is 9.09. The third kappa shape index (κ3) is 4.60. The van der Waals surface area contributed by atoms with Crippen molar-refractivity contribution in [3.05, 3.63) is 70.4 Å². The molecule has 5 rings (SSSR count). The van der Waals surface area contributed by atoms with Gasteiger partial charge in [0.1, 0.15) is 17.6 Å². The number of nitrogen functional groups attached to an aromatic ring is 1. The van der Waals surface area contributed by atoms with Crippen LogP contribution in [0.15, 0.2) is 42.1 Å². The average Bonchev–Trinajstić information content (AvgIpc) is 3.56. The molecule has 1 atom stereocenters. The molecule has 182 valence electrons. The summed E-state index contributed by atoms with van der Waals surface area (Å²) in [5.41, 5.74) is 8.81. The van der Waals surface area contributed by atoms with E-state index in [1.807, 2.05) is 0 Å². The van der Waals surface area contributed by atoms with Gasteiger partial charge in [-0.15, -0.1) is 0 Å². The highest BCUT2D eigenvalue weighted by atomic mass is 19.3. The van der Waals surface area contributed by atoms with Gasteiger partial charge in [0.2, 0.25) is 0 Å². The zero-order chi connectivity index (χ0) is 24.7. The summed E-state index contributed by atoms with van der Waals surface area (Å²) >= 11 is 0. The summed E-state index contributed by atoms with van der Waals surface area (Å²) in [6, 6.07) is 7.09. The minimum atomic E-state index is -2.79. The van der Waals surface area contributed by atoms with E-state index in [4.69, 9.17) is 15.9 Å². The standard InChI is InChI=1S/C25H25F3N6O/c1-13-19-8-17(26)4-5-21(19)34-18(9-20(33-34)24(27)28)6-15(10-29)23(31-11-14-2-3-14)16-7-22(35-13)25(30)32-12-16/h4-5,7-10,12-14,24,29,31H,2-3,6,11H2,1H3,(H2,30,32)/b23-15-,29-10?. The lowest BCUT2D eigenvalue weighted by molar-refractivity contribution is 0.145. The van der Waals surface area contributed by atoms with Gasteiger partial charge in [0, 0.05) is 47.9 Å². The Hall–Kier alpha value is -3.82. The maximum Gasteiger partial charge on any atom is 0.282 e. The first kappa shape index (κ1) is 22.9. The second-order valence-corrected chi connectivity index (χ2v) is 8.89. The number of hydrogen-bond donors (Lipinski definition) is 3. The molecule has 1 unspecified atom stereocenters. The quantitative estimate of drug-likeness (QED) is 0.445. The number of nitrogens with zero attached hydrogens (tertiary/aromatic N) is 3. The lowest BCUT2D eigenvalue weighted by atomic mass is 10.0. The first-order valence-corrected chi connectivity index (χ1v) is 11.4. The van der Waals surface area contributed by atoms with Crippen LogP contribution in [0.4, 0.5) is 19.0 Å². The van der Waals surface area contributed by atoms with Gasteiger partial charge in [-0.3, -0.25) is 0 Å². The highest BCUT2D eigenvalue weighted by Gasteiger charge is 2.26. The van der Waals surface area contributed by atoms with E-state index in [1.165, 1.54) is 35.2 Å². The zero-order valence-electron chi connectivity index (χ0n) is 19.1. The van der Waals surface area contributed by atoms with Gasteiger partial charge < -0.3 is 21.2 Å². The van der Waals surface area contributed by atoms with E-state index >= 15 is 0 Å². The summed E-state index contributed by atoms with van der Waals surface area (Å²) in [7, 11) is 0. The molecular weight excluding hydrogens is 457 g/mol. The molecule has 2 aliphatic rings. The van der Waals surface area contributed by atoms with Crippen LogP contribution in [0, 0.1) is 17.1 Å². The van der Waals surface area contributed by atoms with E-state index in [0.717, 1.165) is 12.8 Å². The smallest absolute Gasteiger partial charge is 0.282 e. The van der Waals surface area contributed by atoms with Crippen LogP contribution in [-0.2, 0) is 6.42 Å². The molecule has 1 aliphatic heterocycles. The highest BCUT2D eigenvalue weighted by molar-refractivity contribution is 5.89. The van der Waals surface area contributed by atoms with Gasteiger partial charge in [-0.25, -0.2) is 22.8 Å². The molecule has 10 heteroatoms.